The molecule has 10 nitrogen and oxygen atoms in total. The van der Waals surface area contributed by atoms with Gasteiger partial charge in [0.15, 0.2) is 0 Å². The number of aromatic nitrogens is 4. The third kappa shape index (κ3) is 15.4. The van der Waals surface area contributed by atoms with E-state index in [0.717, 1.165) is 67.3 Å². The zero-order valence-corrected chi connectivity index (χ0v) is 31.8. The zero-order chi connectivity index (χ0) is 37.7. The topological polar surface area (TPSA) is 120 Å². The molecule has 6 rings (SSSR count). The van der Waals surface area contributed by atoms with Crippen LogP contribution in [0.1, 0.15) is 12.8 Å². The lowest BCUT2D eigenvalue weighted by Crippen LogP contribution is -2.16. The van der Waals surface area contributed by atoms with Crippen molar-refractivity contribution in [2.45, 2.75) is 12.8 Å². The van der Waals surface area contributed by atoms with Crippen molar-refractivity contribution in [3.63, 3.8) is 0 Å². The third-order valence-corrected chi connectivity index (χ3v) is 7.84. The van der Waals surface area contributed by atoms with Gasteiger partial charge in [0.25, 0.3) is 0 Å². The van der Waals surface area contributed by atoms with Gasteiger partial charge in [0.05, 0.1) is 0 Å². The summed E-state index contributed by atoms with van der Waals surface area (Å²) in [6.07, 6.45) is 5.56. The number of hydrogen-bond donors (Lipinski definition) is 4. The van der Waals surface area contributed by atoms with Gasteiger partial charge in [-0.2, -0.15) is 4.98 Å². The molecule has 53 heavy (non-hydrogen) atoms. The molecule has 0 aliphatic rings. The second-order valence-electron chi connectivity index (χ2n) is 12.6. The normalized spacial score (nSPS) is 10.5. The molecule has 6 aromatic rings. The fraction of sp³-hybridized carbons (Fsp3) is 0.238. The summed E-state index contributed by atoms with van der Waals surface area (Å²) >= 11 is 5.85. The molecule has 5 N–H and O–H groups in total. The molecule has 2 heterocycles. The molecule has 0 saturated heterocycles. The summed E-state index contributed by atoms with van der Waals surface area (Å²) in [4.78, 5) is 21.4. The Morgan fingerprint density at radius 3 is 1.55 bits per heavy atom. The SMILES string of the molecule is CN(C)CCCN.CN(C)CCCNc1ccnc(Nc2cccc(-c3ccccc3)c2)n1.Clc1ccnc(Nc2cccc(-c3ccccc3)c2)n1. The Balaban J connectivity index is 0.000000205. The molecule has 0 aliphatic heterocycles. The van der Waals surface area contributed by atoms with Crippen LogP contribution < -0.4 is 21.7 Å². The minimum atomic E-state index is 0.418. The van der Waals surface area contributed by atoms with Crippen LogP contribution in [0.5, 0.6) is 0 Å². The van der Waals surface area contributed by atoms with Gasteiger partial charge in [-0.25, -0.2) is 15.0 Å². The van der Waals surface area contributed by atoms with E-state index in [2.05, 4.69) is 122 Å². The first-order chi connectivity index (χ1) is 25.8. The Morgan fingerprint density at radius 1 is 0.566 bits per heavy atom. The van der Waals surface area contributed by atoms with E-state index in [1.807, 2.05) is 66.7 Å². The number of nitrogens with zero attached hydrogens (tertiary/aromatic N) is 6. The van der Waals surface area contributed by atoms with Crippen LogP contribution in [0, 0.1) is 0 Å². The Labute approximate surface area is 319 Å². The number of anilines is 5. The molecule has 276 valence electrons. The van der Waals surface area contributed by atoms with Crippen molar-refractivity contribution in [1.82, 2.24) is 29.7 Å². The molecule has 0 unspecified atom stereocenters. The quantitative estimate of drug-likeness (QED) is 0.0640. The minimum absolute atomic E-state index is 0.418. The van der Waals surface area contributed by atoms with Crippen molar-refractivity contribution in [1.29, 1.82) is 0 Å². The summed E-state index contributed by atoms with van der Waals surface area (Å²) in [5.74, 6) is 1.91. The summed E-state index contributed by atoms with van der Waals surface area (Å²) in [7, 11) is 8.26. The summed E-state index contributed by atoms with van der Waals surface area (Å²) in [5.41, 5.74) is 11.8. The Kier molecular flexibility index (Phi) is 17.2. The molecule has 0 fully saturated rings. The first-order valence-corrected chi connectivity index (χ1v) is 18.1. The molecular formula is C42H51ClN10. The first kappa shape index (κ1) is 40.4. The molecule has 2 aromatic heterocycles. The second-order valence-corrected chi connectivity index (χ2v) is 13.0. The molecular weight excluding hydrogens is 680 g/mol. The van der Waals surface area contributed by atoms with Crippen LogP contribution >= 0.6 is 11.6 Å². The highest BCUT2D eigenvalue weighted by atomic mass is 35.5. The van der Waals surface area contributed by atoms with Gasteiger partial charge in [-0.05, 0) is 119 Å². The van der Waals surface area contributed by atoms with Gasteiger partial charge in [0, 0.05) is 30.3 Å². The maximum atomic E-state index is 5.85. The molecule has 0 bridgehead atoms. The van der Waals surface area contributed by atoms with E-state index in [1.54, 1.807) is 18.5 Å². The lowest BCUT2D eigenvalue weighted by atomic mass is 10.1. The highest BCUT2D eigenvalue weighted by molar-refractivity contribution is 6.29. The fourth-order valence-corrected chi connectivity index (χ4v) is 5.14. The van der Waals surface area contributed by atoms with Gasteiger partial charge < -0.3 is 31.5 Å². The number of nitrogens with two attached hydrogens (primary N) is 1. The average molecular weight is 731 g/mol. The molecule has 11 heteroatoms. The van der Waals surface area contributed by atoms with Gasteiger partial charge in [-0.15, -0.1) is 0 Å². The molecule has 0 radical (unpaired) electrons. The van der Waals surface area contributed by atoms with Crippen LogP contribution in [-0.4, -0.2) is 84.1 Å². The van der Waals surface area contributed by atoms with E-state index in [0.29, 0.717) is 17.0 Å². The fourth-order valence-electron chi connectivity index (χ4n) is 5.01. The van der Waals surface area contributed by atoms with Crippen LogP contribution in [0.15, 0.2) is 134 Å². The predicted molar refractivity (Wildman–Crippen MR) is 223 cm³/mol. The molecule has 0 atom stereocenters. The molecule has 0 saturated carbocycles. The third-order valence-electron chi connectivity index (χ3n) is 7.63. The maximum absolute atomic E-state index is 5.85. The summed E-state index contributed by atoms with van der Waals surface area (Å²) in [6.45, 7) is 3.85. The van der Waals surface area contributed by atoms with Crippen molar-refractivity contribution < 1.29 is 0 Å². The Bertz CT molecular complexity index is 1910. The van der Waals surface area contributed by atoms with Gasteiger partial charge >= 0.3 is 0 Å². The Morgan fingerprint density at radius 2 is 1.06 bits per heavy atom. The predicted octanol–water partition coefficient (Wildman–Crippen LogP) is 8.69. The van der Waals surface area contributed by atoms with E-state index >= 15 is 0 Å². The van der Waals surface area contributed by atoms with Crippen LogP contribution in [0.2, 0.25) is 5.15 Å². The van der Waals surface area contributed by atoms with Gasteiger partial charge in [-0.3, -0.25) is 0 Å². The van der Waals surface area contributed by atoms with E-state index < -0.39 is 0 Å². The molecule has 0 aliphatic carbocycles. The number of halogens is 1. The monoisotopic (exact) mass is 730 g/mol. The summed E-state index contributed by atoms with van der Waals surface area (Å²) < 4.78 is 0. The highest BCUT2D eigenvalue weighted by Gasteiger charge is 2.04. The number of nitrogens with one attached hydrogen (secondary N) is 3. The van der Waals surface area contributed by atoms with Crippen LogP contribution in [0.4, 0.5) is 29.1 Å². The van der Waals surface area contributed by atoms with Crippen molar-refractivity contribution in [3.8, 4) is 22.3 Å². The number of benzene rings is 4. The molecule has 4 aromatic carbocycles. The van der Waals surface area contributed by atoms with Crippen molar-refractivity contribution in [2.24, 2.45) is 5.73 Å². The van der Waals surface area contributed by atoms with E-state index in [1.165, 1.54) is 11.1 Å². The molecule has 0 spiro atoms. The van der Waals surface area contributed by atoms with Crippen molar-refractivity contribution in [3.05, 3.63) is 139 Å². The van der Waals surface area contributed by atoms with Crippen molar-refractivity contribution in [2.75, 3.05) is 70.3 Å². The zero-order valence-electron chi connectivity index (χ0n) is 31.1. The van der Waals surface area contributed by atoms with Crippen molar-refractivity contribution >= 4 is 40.7 Å². The van der Waals surface area contributed by atoms with E-state index in [4.69, 9.17) is 17.3 Å². The van der Waals surface area contributed by atoms with Gasteiger partial charge in [-0.1, -0.05) is 96.5 Å². The summed E-state index contributed by atoms with van der Waals surface area (Å²) in [5, 5.41) is 10.2. The van der Waals surface area contributed by atoms with E-state index in [9.17, 15) is 0 Å². The van der Waals surface area contributed by atoms with Gasteiger partial charge in [0.1, 0.15) is 11.0 Å². The second kappa shape index (κ2) is 22.5. The smallest absolute Gasteiger partial charge is 0.229 e. The van der Waals surface area contributed by atoms with Crippen LogP contribution in [0.25, 0.3) is 22.3 Å². The lowest BCUT2D eigenvalue weighted by Gasteiger charge is -2.11. The van der Waals surface area contributed by atoms with Crippen LogP contribution in [0.3, 0.4) is 0 Å². The highest BCUT2D eigenvalue weighted by Crippen LogP contribution is 2.25. The standard InChI is InChI=1S/C21H25N5.C16H12ClN3.C5H14N2/c1-26(2)15-7-13-22-20-12-14-23-21(25-20)24-19-11-6-10-18(16-19)17-8-4-3-5-9-17;17-15-9-10-18-16(20-15)19-14-8-4-7-13(11-14)12-5-2-1-3-6-12;1-7(2)5-3-4-6/h3-6,8-12,14,16H,7,13,15H2,1-2H3,(H2,22,23,24,25);1-11H,(H,18,19,20);3-6H2,1-2H3. The number of hydrogen-bond acceptors (Lipinski definition) is 10. The lowest BCUT2D eigenvalue weighted by molar-refractivity contribution is 0.403. The first-order valence-electron chi connectivity index (χ1n) is 17.7. The minimum Gasteiger partial charge on any atom is -0.370 e. The Hall–Kier alpha value is -5.39. The average Bonchev–Trinajstić information content (AvgIpc) is 3.17. The van der Waals surface area contributed by atoms with E-state index in [-0.39, 0.29) is 0 Å². The number of rotatable bonds is 14. The van der Waals surface area contributed by atoms with Crippen LogP contribution in [-0.2, 0) is 0 Å². The molecule has 0 amide bonds. The van der Waals surface area contributed by atoms with Gasteiger partial charge in [0.2, 0.25) is 11.9 Å². The summed E-state index contributed by atoms with van der Waals surface area (Å²) in [6, 6.07) is 40.4. The largest absolute Gasteiger partial charge is 0.370 e. The maximum Gasteiger partial charge on any atom is 0.229 e.